The first-order valence-electron chi connectivity index (χ1n) is 11.8. The molecule has 1 aliphatic rings. The van der Waals surface area contributed by atoms with E-state index in [-0.39, 0.29) is 23.6 Å². The van der Waals surface area contributed by atoms with Gasteiger partial charge in [-0.25, -0.2) is 23.4 Å². The zero-order valence-electron chi connectivity index (χ0n) is 20.9. The van der Waals surface area contributed by atoms with E-state index in [2.05, 4.69) is 15.0 Å². The first kappa shape index (κ1) is 26.5. The van der Waals surface area contributed by atoms with Crippen molar-refractivity contribution in [3.8, 4) is 11.1 Å². The molecule has 1 fully saturated rings. The first-order chi connectivity index (χ1) is 18.3. The molecule has 0 radical (unpaired) electrons. The van der Waals surface area contributed by atoms with Crippen LogP contribution in [0.5, 0.6) is 0 Å². The molecule has 0 aliphatic carbocycles. The number of hydrogen-bond acceptors (Lipinski definition) is 7. The second kappa shape index (κ2) is 11.7. The molecule has 11 heteroatoms. The van der Waals surface area contributed by atoms with Gasteiger partial charge in [0, 0.05) is 44.5 Å². The summed E-state index contributed by atoms with van der Waals surface area (Å²) >= 11 is 0. The van der Waals surface area contributed by atoms with E-state index in [0.29, 0.717) is 48.7 Å². The molecule has 0 bridgehead atoms. The van der Waals surface area contributed by atoms with Crippen LogP contribution in [0.4, 0.5) is 19.4 Å². The van der Waals surface area contributed by atoms with Gasteiger partial charge in [-0.05, 0) is 35.4 Å². The molecule has 1 aromatic heterocycles. The van der Waals surface area contributed by atoms with E-state index >= 15 is 0 Å². The van der Waals surface area contributed by atoms with Crippen LogP contribution in [-0.4, -0.2) is 73.2 Å². The van der Waals surface area contributed by atoms with Crippen molar-refractivity contribution in [2.24, 2.45) is 0 Å². The number of benzene rings is 2. The third-order valence-electron chi connectivity index (χ3n) is 6.24. The lowest BCUT2D eigenvalue weighted by molar-refractivity contribution is 0.0593. The van der Waals surface area contributed by atoms with Gasteiger partial charge in [0.05, 0.1) is 19.8 Å². The summed E-state index contributed by atoms with van der Waals surface area (Å²) in [7, 11) is 2.47. The highest BCUT2D eigenvalue weighted by Crippen LogP contribution is 2.28. The summed E-state index contributed by atoms with van der Waals surface area (Å²) in [6.45, 7) is 1.66. The average molecular weight is 525 g/mol. The summed E-state index contributed by atoms with van der Waals surface area (Å²) in [5, 5.41) is 3.01. The average Bonchev–Trinajstić information content (AvgIpc) is 2.95. The standard InChI is InChI=1S/C27H26F2N4O5/c1-37-26(35)24-20(4-3-5-21(24)28)17-6-7-18(22(29)14-17)15-30-23-9-8-19(16-31-23)25(34)32-10-12-33(13-11-32)27(36)38-2/h3-9,14,16H,10-13,15H2,1-2H3,(H,30,31). The third kappa shape index (κ3) is 5.72. The molecule has 9 nitrogen and oxygen atoms in total. The number of methoxy groups -OCH3 is 2. The Labute approximate surface area is 218 Å². The maximum Gasteiger partial charge on any atom is 0.409 e. The fourth-order valence-corrected chi connectivity index (χ4v) is 4.15. The van der Waals surface area contributed by atoms with Gasteiger partial charge in [-0.15, -0.1) is 0 Å². The monoisotopic (exact) mass is 524 g/mol. The largest absolute Gasteiger partial charge is 0.465 e. The number of anilines is 1. The van der Waals surface area contributed by atoms with Crippen LogP contribution in [-0.2, 0) is 16.0 Å². The van der Waals surface area contributed by atoms with Crippen LogP contribution >= 0.6 is 0 Å². The highest BCUT2D eigenvalue weighted by atomic mass is 19.1. The Balaban J connectivity index is 1.38. The van der Waals surface area contributed by atoms with Gasteiger partial charge < -0.3 is 24.6 Å². The zero-order chi connectivity index (χ0) is 27.2. The number of carbonyl (C=O) groups is 3. The molecule has 1 N–H and O–H groups in total. The van der Waals surface area contributed by atoms with Crippen molar-refractivity contribution >= 4 is 23.8 Å². The maximum absolute atomic E-state index is 14.9. The smallest absolute Gasteiger partial charge is 0.409 e. The van der Waals surface area contributed by atoms with Gasteiger partial charge in [-0.1, -0.05) is 24.3 Å². The third-order valence-corrected chi connectivity index (χ3v) is 6.24. The molecule has 3 aromatic rings. The van der Waals surface area contributed by atoms with E-state index in [1.165, 1.54) is 42.5 Å². The Bertz CT molecular complexity index is 1340. The van der Waals surface area contributed by atoms with Crippen LogP contribution in [0.3, 0.4) is 0 Å². The van der Waals surface area contributed by atoms with Gasteiger partial charge in [0.2, 0.25) is 0 Å². The molecule has 198 valence electrons. The van der Waals surface area contributed by atoms with Crippen molar-refractivity contribution in [2.75, 3.05) is 45.7 Å². The molecule has 2 heterocycles. The summed E-state index contributed by atoms with van der Waals surface area (Å²) in [6, 6.07) is 11.7. The van der Waals surface area contributed by atoms with Gasteiger partial charge in [0.15, 0.2) is 0 Å². The predicted molar refractivity (Wildman–Crippen MR) is 135 cm³/mol. The summed E-state index contributed by atoms with van der Waals surface area (Å²) in [5.41, 5.74) is 1.03. The predicted octanol–water partition coefficient (Wildman–Crippen LogP) is 3.95. The number of hydrogen-bond donors (Lipinski definition) is 1. The van der Waals surface area contributed by atoms with E-state index in [4.69, 9.17) is 4.74 Å². The van der Waals surface area contributed by atoms with Crippen LogP contribution in [0.2, 0.25) is 0 Å². The molecular weight excluding hydrogens is 498 g/mol. The van der Waals surface area contributed by atoms with Gasteiger partial charge in [-0.3, -0.25) is 4.79 Å². The van der Waals surface area contributed by atoms with Gasteiger partial charge in [0.25, 0.3) is 5.91 Å². The quantitative estimate of drug-likeness (QED) is 0.488. The Morgan fingerprint density at radius 1 is 0.921 bits per heavy atom. The number of nitrogens with one attached hydrogen (secondary N) is 1. The van der Waals surface area contributed by atoms with Crippen molar-refractivity contribution < 1.29 is 32.6 Å². The van der Waals surface area contributed by atoms with E-state index in [1.807, 2.05) is 0 Å². The molecule has 0 atom stereocenters. The molecule has 0 unspecified atom stereocenters. The summed E-state index contributed by atoms with van der Waals surface area (Å²) in [5.74, 6) is -1.90. The minimum Gasteiger partial charge on any atom is -0.465 e. The van der Waals surface area contributed by atoms with Crippen molar-refractivity contribution in [3.63, 3.8) is 0 Å². The number of ether oxygens (including phenoxy) is 2. The van der Waals surface area contributed by atoms with Crippen LogP contribution in [0.1, 0.15) is 26.3 Å². The number of aromatic nitrogens is 1. The topological polar surface area (TPSA) is 101 Å². The Morgan fingerprint density at radius 2 is 1.66 bits per heavy atom. The van der Waals surface area contributed by atoms with Crippen LogP contribution in [0.25, 0.3) is 11.1 Å². The van der Waals surface area contributed by atoms with Crippen molar-refractivity contribution in [1.82, 2.24) is 14.8 Å². The second-order valence-corrected chi connectivity index (χ2v) is 8.50. The molecule has 0 saturated carbocycles. The van der Waals surface area contributed by atoms with Crippen LogP contribution < -0.4 is 5.32 Å². The Kier molecular flexibility index (Phi) is 8.15. The Hall–Kier alpha value is -4.54. The van der Waals surface area contributed by atoms with Crippen molar-refractivity contribution in [1.29, 1.82) is 0 Å². The normalized spacial score (nSPS) is 13.2. The lowest BCUT2D eigenvalue weighted by Crippen LogP contribution is -2.50. The lowest BCUT2D eigenvalue weighted by Gasteiger charge is -2.33. The number of nitrogens with zero attached hydrogens (tertiary/aromatic N) is 3. The summed E-state index contributed by atoms with van der Waals surface area (Å²) in [4.78, 5) is 43.8. The highest BCUT2D eigenvalue weighted by Gasteiger charge is 2.25. The van der Waals surface area contributed by atoms with Gasteiger partial charge >= 0.3 is 12.1 Å². The molecule has 4 rings (SSSR count). The minimum atomic E-state index is -0.847. The maximum atomic E-state index is 14.9. The fourth-order valence-electron chi connectivity index (χ4n) is 4.15. The minimum absolute atomic E-state index is 0.106. The van der Waals surface area contributed by atoms with Crippen molar-refractivity contribution in [2.45, 2.75) is 6.54 Å². The number of rotatable bonds is 6. The molecule has 38 heavy (non-hydrogen) atoms. The van der Waals surface area contributed by atoms with E-state index in [1.54, 1.807) is 23.1 Å². The molecule has 2 aromatic carbocycles. The Morgan fingerprint density at radius 3 is 2.29 bits per heavy atom. The van der Waals surface area contributed by atoms with E-state index < -0.39 is 23.7 Å². The number of halogens is 2. The van der Waals surface area contributed by atoms with Crippen LogP contribution in [0.15, 0.2) is 54.7 Å². The molecular formula is C27H26F2N4O5. The molecule has 0 spiro atoms. The van der Waals surface area contributed by atoms with E-state index in [0.717, 1.165) is 13.2 Å². The number of piperazine rings is 1. The molecule has 2 amide bonds. The molecule has 1 aliphatic heterocycles. The lowest BCUT2D eigenvalue weighted by atomic mass is 9.98. The highest BCUT2D eigenvalue weighted by molar-refractivity contribution is 5.97. The number of pyridine rings is 1. The number of amides is 2. The van der Waals surface area contributed by atoms with Crippen LogP contribution in [0, 0.1) is 11.6 Å². The fraction of sp³-hybridized carbons (Fsp3) is 0.259. The van der Waals surface area contributed by atoms with Crippen molar-refractivity contribution in [3.05, 3.63) is 83.1 Å². The van der Waals surface area contributed by atoms with Gasteiger partial charge in [-0.2, -0.15) is 0 Å². The van der Waals surface area contributed by atoms with Gasteiger partial charge in [0.1, 0.15) is 23.0 Å². The second-order valence-electron chi connectivity index (χ2n) is 8.50. The number of esters is 1. The summed E-state index contributed by atoms with van der Waals surface area (Å²) < 4.78 is 38.5. The van der Waals surface area contributed by atoms with E-state index in [9.17, 15) is 23.2 Å². The summed E-state index contributed by atoms with van der Waals surface area (Å²) in [6.07, 6.45) is 1.02. The first-order valence-corrected chi connectivity index (χ1v) is 11.8. The SMILES string of the molecule is COC(=O)c1c(F)cccc1-c1ccc(CNc2ccc(C(=O)N3CCN(C(=O)OC)CC3)cn2)c(F)c1. The zero-order valence-corrected chi connectivity index (χ0v) is 20.9. The number of carbonyl (C=O) groups excluding carboxylic acids is 3. The molecule has 1 saturated heterocycles.